The summed E-state index contributed by atoms with van der Waals surface area (Å²) in [5.74, 6) is 1.02. The van der Waals surface area contributed by atoms with Crippen molar-refractivity contribution in [1.82, 2.24) is 10.6 Å². The second-order valence-corrected chi connectivity index (χ2v) is 9.57. The maximum absolute atomic E-state index is 12.5. The number of carboxylic acids is 1. The number of nitrogens with one attached hydrogen (secondary N) is 2. The predicted molar refractivity (Wildman–Crippen MR) is 96.8 cm³/mol. The van der Waals surface area contributed by atoms with Crippen LogP contribution in [-0.2, 0) is 19.1 Å². The Morgan fingerprint density at radius 3 is 2.11 bits per heavy atom. The Bertz CT molecular complexity index is 591. The minimum absolute atomic E-state index is 0.0537. The molecule has 4 bridgehead atoms. The summed E-state index contributed by atoms with van der Waals surface area (Å²) in [4.78, 5) is 35.9. The minimum atomic E-state index is -0.966. The Balaban J connectivity index is 1.27. The van der Waals surface area contributed by atoms with Crippen molar-refractivity contribution in [2.24, 2.45) is 23.2 Å². The van der Waals surface area contributed by atoms with E-state index in [9.17, 15) is 14.4 Å². The van der Waals surface area contributed by atoms with Gasteiger partial charge in [0.05, 0.1) is 25.1 Å². The van der Waals surface area contributed by atoms with Crippen LogP contribution in [0.4, 0.5) is 0 Å². The van der Waals surface area contributed by atoms with Crippen molar-refractivity contribution in [2.45, 2.75) is 63.3 Å². The molecule has 0 aromatic rings. The van der Waals surface area contributed by atoms with Gasteiger partial charge in [-0.2, -0.15) is 0 Å². The van der Waals surface area contributed by atoms with Crippen molar-refractivity contribution < 1.29 is 24.2 Å². The maximum atomic E-state index is 12.5. The molecule has 1 aliphatic heterocycles. The number of amides is 2. The minimum Gasteiger partial charge on any atom is -0.481 e. The van der Waals surface area contributed by atoms with Gasteiger partial charge in [0.1, 0.15) is 0 Å². The van der Waals surface area contributed by atoms with Gasteiger partial charge in [0.25, 0.3) is 0 Å². The average molecular weight is 378 g/mol. The van der Waals surface area contributed by atoms with E-state index in [2.05, 4.69) is 10.6 Å². The lowest BCUT2D eigenvalue weighted by Gasteiger charge is -2.56. The number of carboxylic acid groups (broad SMARTS) is 1. The molecule has 5 aliphatic rings. The van der Waals surface area contributed by atoms with Crippen LogP contribution in [0.15, 0.2) is 0 Å². The quantitative estimate of drug-likeness (QED) is 0.622. The highest BCUT2D eigenvalue weighted by Gasteiger charge is 2.51. The van der Waals surface area contributed by atoms with Crippen molar-refractivity contribution in [3.8, 4) is 0 Å². The summed E-state index contributed by atoms with van der Waals surface area (Å²) in [6.07, 6.45) is 8.36. The Morgan fingerprint density at radius 2 is 1.59 bits per heavy atom. The zero-order chi connectivity index (χ0) is 19.1. The molecule has 1 atom stereocenters. The molecule has 7 heteroatoms. The third kappa shape index (κ3) is 4.13. The van der Waals surface area contributed by atoms with E-state index in [4.69, 9.17) is 9.84 Å². The molecule has 3 N–H and O–H groups in total. The van der Waals surface area contributed by atoms with E-state index in [1.165, 1.54) is 38.5 Å². The lowest BCUT2D eigenvalue weighted by Crippen LogP contribution is -2.53. The molecule has 5 fully saturated rings. The van der Waals surface area contributed by atoms with Crippen LogP contribution in [0.3, 0.4) is 0 Å². The molecule has 0 radical (unpaired) electrons. The van der Waals surface area contributed by atoms with E-state index < -0.39 is 11.5 Å². The van der Waals surface area contributed by atoms with Crippen LogP contribution < -0.4 is 10.6 Å². The van der Waals surface area contributed by atoms with Crippen molar-refractivity contribution in [1.29, 1.82) is 0 Å². The second kappa shape index (κ2) is 7.08. The first-order valence-electron chi connectivity index (χ1n) is 10.2. The highest BCUT2D eigenvalue weighted by molar-refractivity contribution is 5.85. The van der Waals surface area contributed by atoms with Gasteiger partial charge in [-0.3, -0.25) is 14.4 Å². The maximum Gasteiger partial charge on any atom is 0.305 e. The zero-order valence-corrected chi connectivity index (χ0v) is 15.8. The van der Waals surface area contributed by atoms with Crippen molar-refractivity contribution in [2.75, 3.05) is 19.8 Å². The number of carbonyl (C=O) groups is 3. The summed E-state index contributed by atoms with van der Waals surface area (Å²) in [6.45, 7) is 0.533. The van der Waals surface area contributed by atoms with Gasteiger partial charge in [-0.25, -0.2) is 0 Å². The molecule has 1 heterocycles. The fraction of sp³-hybridized carbons (Fsp3) is 0.850. The Labute approximate surface area is 159 Å². The number of hydrogen-bond acceptors (Lipinski definition) is 4. The molecular weight excluding hydrogens is 348 g/mol. The molecule has 1 unspecified atom stereocenters. The first-order valence-corrected chi connectivity index (χ1v) is 10.2. The monoisotopic (exact) mass is 378 g/mol. The fourth-order valence-electron chi connectivity index (χ4n) is 6.61. The van der Waals surface area contributed by atoms with Crippen molar-refractivity contribution in [3.05, 3.63) is 0 Å². The predicted octanol–water partition coefficient (Wildman–Crippen LogP) is 1.46. The van der Waals surface area contributed by atoms with Gasteiger partial charge in [0.15, 0.2) is 0 Å². The molecule has 150 valence electrons. The van der Waals surface area contributed by atoms with Gasteiger partial charge >= 0.3 is 5.97 Å². The summed E-state index contributed by atoms with van der Waals surface area (Å²) >= 11 is 0. The van der Waals surface area contributed by atoms with Gasteiger partial charge in [-0.1, -0.05) is 0 Å². The molecule has 4 aliphatic carbocycles. The first-order chi connectivity index (χ1) is 12.9. The molecule has 1 saturated heterocycles. The van der Waals surface area contributed by atoms with E-state index in [1.807, 2.05) is 0 Å². The molecule has 0 aromatic heterocycles. The van der Waals surface area contributed by atoms with Gasteiger partial charge in [0, 0.05) is 13.0 Å². The zero-order valence-electron chi connectivity index (χ0n) is 15.8. The second-order valence-electron chi connectivity index (χ2n) is 9.57. The van der Waals surface area contributed by atoms with E-state index in [0.29, 0.717) is 19.4 Å². The number of rotatable bonds is 7. The van der Waals surface area contributed by atoms with Gasteiger partial charge in [0.2, 0.25) is 11.8 Å². The molecule has 5 rings (SSSR count). The third-order valence-electron chi connectivity index (χ3n) is 7.14. The van der Waals surface area contributed by atoms with Crippen LogP contribution in [0, 0.1) is 23.2 Å². The molecule has 0 spiro atoms. The van der Waals surface area contributed by atoms with E-state index in [-0.39, 0.29) is 36.8 Å². The molecule has 0 aromatic carbocycles. The van der Waals surface area contributed by atoms with Crippen LogP contribution in [0.25, 0.3) is 0 Å². The summed E-state index contributed by atoms with van der Waals surface area (Å²) in [6, 6.07) is 0. The summed E-state index contributed by atoms with van der Waals surface area (Å²) in [5.41, 5.74) is -0.702. The molecule has 4 saturated carbocycles. The SMILES string of the molecule is O=C(O)CC1(NC(=O)CNC(=O)CC23CC4CC(CC(C4)C2)C3)CCOC1. The highest BCUT2D eigenvalue weighted by Crippen LogP contribution is 2.61. The van der Waals surface area contributed by atoms with Crippen LogP contribution in [0.2, 0.25) is 0 Å². The topological polar surface area (TPSA) is 105 Å². The third-order valence-corrected chi connectivity index (χ3v) is 7.14. The Morgan fingerprint density at radius 1 is 0.963 bits per heavy atom. The fourth-order valence-corrected chi connectivity index (χ4v) is 6.61. The molecule has 27 heavy (non-hydrogen) atoms. The highest BCUT2D eigenvalue weighted by atomic mass is 16.5. The smallest absolute Gasteiger partial charge is 0.305 e. The average Bonchev–Trinajstić information content (AvgIpc) is 2.98. The molecule has 2 amide bonds. The van der Waals surface area contributed by atoms with Crippen LogP contribution in [-0.4, -0.2) is 48.2 Å². The number of hydrogen-bond donors (Lipinski definition) is 3. The summed E-state index contributed by atoms with van der Waals surface area (Å²) < 4.78 is 5.28. The number of aliphatic carboxylic acids is 1. The van der Waals surface area contributed by atoms with E-state index in [0.717, 1.165) is 17.8 Å². The van der Waals surface area contributed by atoms with Crippen LogP contribution in [0.1, 0.15) is 57.8 Å². The lowest BCUT2D eigenvalue weighted by atomic mass is 9.49. The lowest BCUT2D eigenvalue weighted by molar-refractivity contribution is -0.139. The molecular formula is C20H30N2O5. The first kappa shape index (κ1) is 18.7. The van der Waals surface area contributed by atoms with Crippen molar-refractivity contribution >= 4 is 17.8 Å². The Hall–Kier alpha value is -1.63. The van der Waals surface area contributed by atoms with E-state index >= 15 is 0 Å². The van der Waals surface area contributed by atoms with E-state index in [1.54, 1.807) is 0 Å². The number of carbonyl (C=O) groups excluding carboxylic acids is 2. The summed E-state index contributed by atoms with van der Waals surface area (Å²) in [5, 5.41) is 14.6. The Kier molecular flexibility index (Phi) is 4.91. The molecule has 7 nitrogen and oxygen atoms in total. The van der Waals surface area contributed by atoms with Crippen LogP contribution >= 0.6 is 0 Å². The largest absolute Gasteiger partial charge is 0.481 e. The van der Waals surface area contributed by atoms with Gasteiger partial charge in [-0.15, -0.1) is 0 Å². The van der Waals surface area contributed by atoms with Crippen molar-refractivity contribution in [3.63, 3.8) is 0 Å². The standard InChI is InChI=1S/C20H30N2O5/c23-16(9-19-6-13-3-14(7-19)5-15(4-13)8-19)21-11-17(24)22-20(10-18(25)26)1-2-27-12-20/h13-15H,1-12H2,(H,21,23)(H,22,24)(H,25,26). The van der Waals surface area contributed by atoms with Crippen LogP contribution in [0.5, 0.6) is 0 Å². The summed E-state index contributed by atoms with van der Waals surface area (Å²) in [7, 11) is 0. The normalized spacial score (nSPS) is 39.3. The van der Waals surface area contributed by atoms with Gasteiger partial charge < -0.3 is 20.5 Å². The van der Waals surface area contributed by atoms with Gasteiger partial charge in [-0.05, 0) is 68.1 Å². The number of ether oxygens (including phenoxy) is 1.